The Kier molecular flexibility index (Phi) is 6.28. The monoisotopic (exact) mass is 436 g/mol. The molecule has 1 saturated heterocycles. The molecule has 0 spiro atoms. The molecule has 0 radical (unpaired) electrons. The van der Waals surface area contributed by atoms with Gasteiger partial charge in [-0.25, -0.2) is 4.79 Å². The highest BCUT2D eigenvalue weighted by Crippen LogP contribution is 2.39. The van der Waals surface area contributed by atoms with Gasteiger partial charge in [-0.15, -0.1) is 0 Å². The summed E-state index contributed by atoms with van der Waals surface area (Å²) in [6, 6.07) is 12.0. The molecule has 2 N–H and O–H groups in total. The molecule has 2 aromatic rings. The van der Waals surface area contributed by atoms with E-state index in [9.17, 15) is 4.79 Å². The number of nitrogens with two attached hydrogens (primary N) is 1. The lowest BCUT2D eigenvalue weighted by molar-refractivity contribution is 0.213. The van der Waals surface area contributed by atoms with Gasteiger partial charge in [0.1, 0.15) is 0 Å². The molecular formula is C25H32N4O3. The summed E-state index contributed by atoms with van der Waals surface area (Å²) in [7, 11) is 5.42. The van der Waals surface area contributed by atoms with Gasteiger partial charge < -0.3 is 25.0 Å². The number of carbonyl (C=O) groups excluding carboxylic acids is 1. The SMILES string of the molecule is COc1cc2c(cc1OC)C(c1ccc(N3CCN(C)CC3)cc1)=CN(C(N)=O)C(C)C2. The van der Waals surface area contributed by atoms with Crippen LogP contribution in [-0.4, -0.2) is 69.3 Å². The van der Waals surface area contributed by atoms with Gasteiger partial charge in [0.25, 0.3) is 0 Å². The van der Waals surface area contributed by atoms with Crippen molar-refractivity contribution in [1.82, 2.24) is 9.80 Å². The maximum atomic E-state index is 12.2. The maximum Gasteiger partial charge on any atom is 0.319 e. The molecule has 4 rings (SSSR count). The number of primary amides is 1. The third-order valence-electron chi connectivity index (χ3n) is 6.46. The van der Waals surface area contributed by atoms with E-state index in [0.717, 1.165) is 48.4 Å². The molecule has 0 bridgehead atoms. The van der Waals surface area contributed by atoms with Crippen LogP contribution in [0.25, 0.3) is 5.57 Å². The molecule has 7 heteroatoms. The van der Waals surface area contributed by atoms with Gasteiger partial charge in [-0.3, -0.25) is 4.90 Å². The molecule has 2 heterocycles. The van der Waals surface area contributed by atoms with E-state index < -0.39 is 6.03 Å². The minimum absolute atomic E-state index is 0.0773. The van der Waals surface area contributed by atoms with E-state index in [0.29, 0.717) is 17.9 Å². The summed E-state index contributed by atoms with van der Waals surface area (Å²) < 4.78 is 11.1. The number of hydrogen-bond donors (Lipinski definition) is 1. The highest BCUT2D eigenvalue weighted by molar-refractivity contribution is 5.86. The van der Waals surface area contributed by atoms with Crippen molar-refractivity contribution in [2.24, 2.45) is 5.73 Å². The molecule has 2 aliphatic heterocycles. The largest absolute Gasteiger partial charge is 0.493 e. The summed E-state index contributed by atoms with van der Waals surface area (Å²) >= 11 is 0. The van der Waals surface area contributed by atoms with Gasteiger partial charge >= 0.3 is 6.03 Å². The maximum absolute atomic E-state index is 12.2. The van der Waals surface area contributed by atoms with Crippen molar-refractivity contribution in [2.75, 3.05) is 52.3 Å². The summed E-state index contributed by atoms with van der Waals surface area (Å²) in [5.41, 5.74) is 11.0. The fourth-order valence-electron chi connectivity index (χ4n) is 4.52. The number of methoxy groups -OCH3 is 2. The molecule has 2 aliphatic rings. The molecule has 2 amide bonds. The lowest BCUT2D eigenvalue weighted by Crippen LogP contribution is -2.44. The van der Waals surface area contributed by atoms with E-state index in [1.807, 2.05) is 25.3 Å². The molecule has 7 nitrogen and oxygen atoms in total. The van der Waals surface area contributed by atoms with Crippen LogP contribution in [0.4, 0.5) is 10.5 Å². The van der Waals surface area contributed by atoms with Gasteiger partial charge in [-0.05, 0) is 61.3 Å². The van der Waals surface area contributed by atoms with Gasteiger partial charge in [-0.2, -0.15) is 0 Å². The number of fused-ring (bicyclic) bond motifs is 1. The van der Waals surface area contributed by atoms with Gasteiger partial charge in [-0.1, -0.05) is 12.1 Å². The molecule has 2 aromatic carbocycles. The van der Waals surface area contributed by atoms with Crippen LogP contribution < -0.4 is 20.1 Å². The van der Waals surface area contributed by atoms with E-state index in [4.69, 9.17) is 15.2 Å². The number of benzene rings is 2. The molecule has 0 aromatic heterocycles. The number of amides is 2. The number of urea groups is 1. The first-order valence-electron chi connectivity index (χ1n) is 11.0. The predicted octanol–water partition coefficient (Wildman–Crippen LogP) is 3.17. The van der Waals surface area contributed by atoms with Crippen molar-refractivity contribution >= 4 is 17.3 Å². The lowest BCUT2D eigenvalue weighted by Gasteiger charge is -2.34. The van der Waals surface area contributed by atoms with Gasteiger partial charge in [0.2, 0.25) is 0 Å². The Bertz CT molecular complexity index is 1010. The number of nitrogens with zero attached hydrogens (tertiary/aromatic N) is 3. The Morgan fingerprint density at radius 1 is 1.00 bits per heavy atom. The van der Waals surface area contributed by atoms with Crippen molar-refractivity contribution in [2.45, 2.75) is 19.4 Å². The van der Waals surface area contributed by atoms with Crippen molar-refractivity contribution in [3.05, 3.63) is 59.3 Å². The van der Waals surface area contributed by atoms with Crippen LogP contribution in [0.15, 0.2) is 42.6 Å². The Balaban J connectivity index is 1.76. The summed E-state index contributed by atoms with van der Waals surface area (Å²) in [5, 5.41) is 0. The quantitative estimate of drug-likeness (QED) is 0.797. The Hall–Kier alpha value is -3.19. The lowest BCUT2D eigenvalue weighted by atomic mass is 9.92. The van der Waals surface area contributed by atoms with Crippen LogP contribution in [0.3, 0.4) is 0 Å². The summed E-state index contributed by atoms with van der Waals surface area (Å²) in [5.74, 6) is 1.34. The number of rotatable bonds is 4. The topological polar surface area (TPSA) is 71.3 Å². The van der Waals surface area contributed by atoms with Gasteiger partial charge in [0.15, 0.2) is 11.5 Å². The van der Waals surface area contributed by atoms with E-state index in [1.54, 1.807) is 19.1 Å². The normalized spacial score (nSPS) is 19.1. The molecule has 32 heavy (non-hydrogen) atoms. The zero-order valence-electron chi connectivity index (χ0n) is 19.3. The zero-order chi connectivity index (χ0) is 22.8. The Labute approximate surface area is 190 Å². The molecule has 1 unspecified atom stereocenters. The molecule has 0 aliphatic carbocycles. The average molecular weight is 437 g/mol. The average Bonchev–Trinajstić information content (AvgIpc) is 2.94. The third kappa shape index (κ3) is 4.25. The van der Waals surface area contributed by atoms with Crippen molar-refractivity contribution in [3.63, 3.8) is 0 Å². The second-order valence-corrected chi connectivity index (χ2v) is 8.54. The molecule has 1 fully saturated rings. The van der Waals surface area contributed by atoms with Crippen LogP contribution in [-0.2, 0) is 6.42 Å². The van der Waals surface area contributed by atoms with Crippen LogP contribution in [0.2, 0.25) is 0 Å². The fourth-order valence-corrected chi connectivity index (χ4v) is 4.52. The number of ether oxygens (including phenoxy) is 2. The van der Waals surface area contributed by atoms with E-state index >= 15 is 0 Å². The number of carbonyl (C=O) groups is 1. The number of likely N-dealkylation sites (N-methyl/N-ethyl adjacent to an activating group) is 1. The van der Waals surface area contributed by atoms with Gasteiger partial charge in [0, 0.05) is 49.7 Å². The van der Waals surface area contributed by atoms with E-state index in [1.165, 1.54) is 5.69 Å². The van der Waals surface area contributed by atoms with E-state index in [2.05, 4.69) is 41.1 Å². The number of hydrogen-bond acceptors (Lipinski definition) is 5. The van der Waals surface area contributed by atoms with Crippen LogP contribution in [0.5, 0.6) is 11.5 Å². The predicted molar refractivity (Wildman–Crippen MR) is 127 cm³/mol. The summed E-state index contributed by atoms with van der Waals surface area (Å²) in [6.45, 7) is 6.17. The highest BCUT2D eigenvalue weighted by atomic mass is 16.5. The number of piperazine rings is 1. The molecule has 1 atom stereocenters. The van der Waals surface area contributed by atoms with Crippen molar-refractivity contribution in [3.8, 4) is 11.5 Å². The minimum Gasteiger partial charge on any atom is -0.493 e. The van der Waals surface area contributed by atoms with Crippen LogP contribution in [0.1, 0.15) is 23.6 Å². The van der Waals surface area contributed by atoms with Crippen molar-refractivity contribution < 1.29 is 14.3 Å². The molecular weight excluding hydrogens is 404 g/mol. The number of anilines is 1. The summed E-state index contributed by atoms with van der Waals surface area (Å²) in [4.78, 5) is 18.6. The second-order valence-electron chi connectivity index (χ2n) is 8.54. The molecule has 0 saturated carbocycles. The van der Waals surface area contributed by atoms with Gasteiger partial charge in [0.05, 0.1) is 14.2 Å². The third-order valence-corrected chi connectivity index (χ3v) is 6.46. The first-order chi connectivity index (χ1) is 15.4. The standard InChI is InChI=1S/C25H32N4O3/c1-17-13-19-14-23(31-3)24(32-4)15-21(19)22(16-29(17)25(26)30)18-5-7-20(8-6-18)28-11-9-27(2)10-12-28/h5-8,14-17H,9-13H2,1-4H3,(H2,26,30). The summed E-state index contributed by atoms with van der Waals surface area (Å²) in [6.07, 6.45) is 2.54. The highest BCUT2D eigenvalue weighted by Gasteiger charge is 2.26. The first-order valence-corrected chi connectivity index (χ1v) is 11.0. The first kappa shape index (κ1) is 22.0. The minimum atomic E-state index is -0.462. The van der Waals surface area contributed by atoms with E-state index in [-0.39, 0.29) is 6.04 Å². The second kappa shape index (κ2) is 9.12. The molecule has 170 valence electrons. The Morgan fingerprint density at radius 2 is 1.62 bits per heavy atom. The fraction of sp³-hybridized carbons (Fsp3) is 0.400. The zero-order valence-corrected chi connectivity index (χ0v) is 19.3. The van der Waals surface area contributed by atoms with Crippen LogP contribution >= 0.6 is 0 Å². The smallest absolute Gasteiger partial charge is 0.319 e. The Morgan fingerprint density at radius 3 is 2.22 bits per heavy atom. The van der Waals surface area contributed by atoms with Crippen LogP contribution in [0, 0.1) is 0 Å². The van der Waals surface area contributed by atoms with Crippen molar-refractivity contribution in [1.29, 1.82) is 0 Å².